The Hall–Kier alpha value is -0.451. The first-order chi connectivity index (χ1) is 11.7. The molecule has 0 unspecified atom stereocenters. The average Bonchev–Trinajstić information content (AvgIpc) is 2.52. The molecule has 0 atom stereocenters. The molecule has 0 aliphatic rings. The molecule has 0 aromatic carbocycles. The molecular formula is C21H41NO2Sn. The van der Waals surface area contributed by atoms with Gasteiger partial charge in [-0.1, -0.05) is 0 Å². The minimum absolute atomic E-state index is 0.314. The number of carbonyl (C=O) groups excluding carboxylic acids is 1. The van der Waals surface area contributed by atoms with E-state index >= 15 is 0 Å². The molecular weight excluding hydrogens is 417 g/mol. The first-order valence-electron chi connectivity index (χ1n) is 10.1. The van der Waals surface area contributed by atoms with Gasteiger partial charge in [-0.25, -0.2) is 0 Å². The Morgan fingerprint density at radius 3 is 1.76 bits per heavy atom. The van der Waals surface area contributed by atoms with Gasteiger partial charge in [0.05, 0.1) is 0 Å². The molecule has 0 saturated carbocycles. The number of allylic oxidation sites excluding steroid dienone is 2. The summed E-state index contributed by atoms with van der Waals surface area (Å²) in [5.74, 6) is 0. The summed E-state index contributed by atoms with van der Waals surface area (Å²) < 4.78 is 10.6. The maximum absolute atomic E-state index is 12.4. The second-order valence-corrected chi connectivity index (χ2v) is 21.2. The van der Waals surface area contributed by atoms with E-state index in [1.165, 1.54) is 55.5 Å². The van der Waals surface area contributed by atoms with Crippen LogP contribution < -0.4 is 5.32 Å². The van der Waals surface area contributed by atoms with Crippen molar-refractivity contribution in [3.63, 3.8) is 0 Å². The van der Waals surface area contributed by atoms with E-state index < -0.39 is 24.0 Å². The van der Waals surface area contributed by atoms with E-state index in [0.29, 0.717) is 0 Å². The third-order valence-corrected chi connectivity index (χ3v) is 19.8. The van der Waals surface area contributed by atoms with Crippen LogP contribution in [-0.4, -0.2) is 30.1 Å². The summed E-state index contributed by atoms with van der Waals surface area (Å²) in [6.07, 6.45) is 11.0. The normalized spacial score (nSPS) is 12.8. The van der Waals surface area contributed by atoms with Crippen molar-refractivity contribution >= 4 is 24.5 Å². The van der Waals surface area contributed by atoms with Crippen molar-refractivity contribution in [3.05, 3.63) is 22.4 Å². The van der Waals surface area contributed by atoms with Crippen molar-refractivity contribution in [2.75, 3.05) is 0 Å². The van der Waals surface area contributed by atoms with Gasteiger partial charge in [0.2, 0.25) is 0 Å². The first kappa shape index (κ1) is 24.5. The minimum atomic E-state index is -2.68. The number of alkyl carbamates (subject to hydrolysis) is 1. The van der Waals surface area contributed by atoms with Crippen molar-refractivity contribution in [1.29, 1.82) is 0 Å². The van der Waals surface area contributed by atoms with E-state index in [4.69, 9.17) is 4.74 Å². The summed E-state index contributed by atoms with van der Waals surface area (Å²) in [6.45, 7) is 16.4. The number of hydrogen-bond acceptors (Lipinski definition) is 2. The molecule has 0 heterocycles. The summed E-state index contributed by atoms with van der Waals surface area (Å²) in [4.78, 5) is 12.4. The van der Waals surface area contributed by atoms with Gasteiger partial charge in [-0.15, -0.1) is 0 Å². The molecule has 0 spiro atoms. The van der Waals surface area contributed by atoms with Gasteiger partial charge >= 0.3 is 161 Å². The van der Waals surface area contributed by atoms with Crippen LogP contribution in [0.4, 0.5) is 4.79 Å². The molecule has 0 bridgehead atoms. The summed E-state index contributed by atoms with van der Waals surface area (Å²) >= 11 is -2.68. The maximum atomic E-state index is 12.4. The Morgan fingerprint density at radius 1 is 1.00 bits per heavy atom. The van der Waals surface area contributed by atoms with Crippen LogP contribution in [0.1, 0.15) is 80.1 Å². The van der Waals surface area contributed by atoms with Gasteiger partial charge in [0.15, 0.2) is 0 Å². The average molecular weight is 458 g/mol. The number of hydrogen-bond donors (Lipinski definition) is 1. The zero-order valence-electron chi connectivity index (χ0n) is 17.5. The fourth-order valence-corrected chi connectivity index (χ4v) is 18.9. The van der Waals surface area contributed by atoms with Crippen molar-refractivity contribution < 1.29 is 9.53 Å². The number of unbranched alkanes of at least 4 members (excludes halogenated alkanes) is 3. The molecule has 1 amide bonds. The summed E-state index contributed by atoms with van der Waals surface area (Å²) in [5.41, 5.74) is -0.474. The molecule has 146 valence electrons. The second kappa shape index (κ2) is 12.8. The number of carbonyl (C=O) groups is 1. The van der Waals surface area contributed by atoms with Gasteiger partial charge in [-0.05, 0) is 0 Å². The molecule has 0 aliphatic heterocycles. The summed E-state index contributed by atoms with van der Waals surface area (Å²) in [5, 5.41) is 3.16. The SMILES string of the molecule is C=C/C=[C](/NC(=O)OC(C)(C)C)[Sn]([CH2]CCC)([CH2]CCC)[CH2]CCC. The molecule has 0 aromatic heterocycles. The van der Waals surface area contributed by atoms with Crippen molar-refractivity contribution in [2.24, 2.45) is 0 Å². The van der Waals surface area contributed by atoms with E-state index in [1.54, 1.807) is 0 Å². The van der Waals surface area contributed by atoms with Crippen LogP contribution in [0.3, 0.4) is 0 Å². The Labute approximate surface area is 160 Å². The molecule has 4 heteroatoms. The Balaban J connectivity index is 5.60. The van der Waals surface area contributed by atoms with Crippen LogP contribution in [0.5, 0.6) is 0 Å². The van der Waals surface area contributed by atoms with Gasteiger partial charge in [0.1, 0.15) is 0 Å². The van der Waals surface area contributed by atoms with E-state index in [0.717, 1.165) is 0 Å². The van der Waals surface area contributed by atoms with Crippen molar-refractivity contribution in [1.82, 2.24) is 5.32 Å². The number of rotatable bonds is 12. The molecule has 0 rings (SSSR count). The third kappa shape index (κ3) is 10.3. The first-order valence-corrected chi connectivity index (χ1v) is 17.6. The zero-order chi connectivity index (χ0) is 19.3. The zero-order valence-corrected chi connectivity index (χ0v) is 20.4. The van der Waals surface area contributed by atoms with Crippen LogP contribution in [0.2, 0.25) is 13.3 Å². The van der Waals surface area contributed by atoms with Crippen LogP contribution in [0.15, 0.2) is 22.4 Å². The van der Waals surface area contributed by atoms with E-state index in [9.17, 15) is 4.79 Å². The van der Waals surface area contributed by atoms with E-state index in [2.05, 4.69) is 38.7 Å². The third-order valence-electron chi connectivity index (χ3n) is 4.52. The Bertz CT molecular complexity index is 402. The van der Waals surface area contributed by atoms with Gasteiger partial charge in [0.25, 0.3) is 0 Å². The second-order valence-electron chi connectivity index (χ2n) is 8.03. The van der Waals surface area contributed by atoms with E-state index in [-0.39, 0.29) is 6.09 Å². The molecule has 25 heavy (non-hydrogen) atoms. The molecule has 0 aromatic rings. The number of nitrogens with one attached hydrogen (secondary N) is 1. The predicted octanol–water partition coefficient (Wildman–Crippen LogP) is 6.97. The summed E-state index contributed by atoms with van der Waals surface area (Å²) in [6, 6.07) is 0. The quantitative estimate of drug-likeness (QED) is 0.253. The monoisotopic (exact) mass is 459 g/mol. The predicted molar refractivity (Wildman–Crippen MR) is 113 cm³/mol. The van der Waals surface area contributed by atoms with Crippen molar-refractivity contribution in [2.45, 2.75) is 99.0 Å². The van der Waals surface area contributed by atoms with Gasteiger partial charge in [-0.3, -0.25) is 0 Å². The number of ether oxygens (including phenoxy) is 1. The standard InChI is InChI=1S/C9H14NO2.3C4H9.Sn/c1-5-6-7-10-8(11)12-9(2,3)4;3*1-3-4-2;/h5-6H,1H2,2-4H3,(H,10,11);3*1,3-4H2,2H3;. The van der Waals surface area contributed by atoms with Gasteiger partial charge in [-0.2, -0.15) is 0 Å². The topological polar surface area (TPSA) is 38.3 Å². The fourth-order valence-electron chi connectivity index (χ4n) is 3.21. The molecule has 0 fully saturated rings. The molecule has 0 saturated heterocycles. The summed E-state index contributed by atoms with van der Waals surface area (Å²) in [7, 11) is 0. The van der Waals surface area contributed by atoms with Crippen LogP contribution in [-0.2, 0) is 4.74 Å². The van der Waals surface area contributed by atoms with E-state index in [1.807, 2.05) is 26.8 Å². The molecule has 3 nitrogen and oxygen atoms in total. The number of amides is 1. The molecule has 0 aliphatic carbocycles. The van der Waals surface area contributed by atoms with Crippen LogP contribution >= 0.6 is 0 Å². The Kier molecular flexibility index (Phi) is 12.6. The van der Waals surface area contributed by atoms with Crippen LogP contribution in [0, 0.1) is 0 Å². The molecule has 1 N–H and O–H groups in total. The van der Waals surface area contributed by atoms with Crippen molar-refractivity contribution in [3.8, 4) is 0 Å². The Morgan fingerprint density at radius 2 is 1.44 bits per heavy atom. The van der Waals surface area contributed by atoms with Gasteiger partial charge < -0.3 is 0 Å². The van der Waals surface area contributed by atoms with Crippen LogP contribution in [0.25, 0.3) is 0 Å². The fraction of sp³-hybridized carbons (Fsp3) is 0.762. The molecule has 0 radical (unpaired) electrons. The van der Waals surface area contributed by atoms with Gasteiger partial charge in [0, 0.05) is 0 Å².